The van der Waals surface area contributed by atoms with Crippen LogP contribution in [0.5, 0.6) is 0 Å². The average Bonchev–Trinajstić information content (AvgIpc) is 2.57. The molecule has 8 heteroatoms. The number of carbonyl (C=O) groups is 2. The second kappa shape index (κ2) is 8.91. The van der Waals surface area contributed by atoms with Crippen LogP contribution in [0.1, 0.15) is 19.4 Å². The molecule has 4 N–H and O–H groups in total. The van der Waals surface area contributed by atoms with Gasteiger partial charge in [0.25, 0.3) is 0 Å². The Bertz CT molecular complexity index is 582. The third-order valence-electron chi connectivity index (χ3n) is 3.91. The van der Waals surface area contributed by atoms with Gasteiger partial charge < -0.3 is 30.3 Å². The van der Waals surface area contributed by atoms with Crippen LogP contribution in [-0.4, -0.2) is 59.2 Å². The van der Waals surface area contributed by atoms with Crippen molar-refractivity contribution < 1.29 is 29.3 Å². The largest absolute Gasteiger partial charge is 0.394 e. The van der Waals surface area contributed by atoms with Gasteiger partial charge in [0.1, 0.15) is 18.2 Å². The molecule has 0 aromatic heterocycles. The highest BCUT2D eigenvalue weighted by molar-refractivity contribution is 5.75. The van der Waals surface area contributed by atoms with Gasteiger partial charge in [-0.05, 0) is 5.56 Å². The second-order valence-electron chi connectivity index (χ2n) is 5.97. The summed E-state index contributed by atoms with van der Waals surface area (Å²) >= 11 is 0. The number of hydrogen-bond acceptors (Lipinski definition) is 6. The third-order valence-corrected chi connectivity index (χ3v) is 3.91. The molecule has 138 valence electrons. The molecule has 0 saturated carbocycles. The number of carbonyl (C=O) groups excluding carboxylic acids is 2. The van der Waals surface area contributed by atoms with Crippen LogP contribution in [0, 0.1) is 0 Å². The highest BCUT2D eigenvalue weighted by Crippen LogP contribution is 2.23. The Hall–Kier alpha value is -2.00. The number of amides is 2. The van der Waals surface area contributed by atoms with Gasteiger partial charge in [-0.25, -0.2) is 0 Å². The van der Waals surface area contributed by atoms with Crippen LogP contribution in [0.25, 0.3) is 0 Å². The Balaban J connectivity index is 2.19. The van der Waals surface area contributed by atoms with E-state index in [1.54, 1.807) is 0 Å². The fourth-order valence-electron chi connectivity index (χ4n) is 2.80. The molecule has 2 rings (SSSR count). The van der Waals surface area contributed by atoms with E-state index < -0.39 is 37.2 Å². The molecule has 1 aliphatic heterocycles. The number of ether oxygens (including phenoxy) is 2. The topological polar surface area (TPSA) is 117 Å². The van der Waals surface area contributed by atoms with Crippen LogP contribution in [0.4, 0.5) is 0 Å². The first-order chi connectivity index (χ1) is 11.9. The van der Waals surface area contributed by atoms with Crippen molar-refractivity contribution in [2.45, 2.75) is 51.0 Å². The number of nitrogens with one attached hydrogen (secondary N) is 2. The minimum Gasteiger partial charge on any atom is -0.394 e. The van der Waals surface area contributed by atoms with E-state index in [1.807, 2.05) is 30.3 Å². The molecule has 1 aliphatic rings. The minimum atomic E-state index is -1.19. The molecule has 1 aromatic rings. The van der Waals surface area contributed by atoms with E-state index in [2.05, 4.69) is 10.6 Å². The summed E-state index contributed by atoms with van der Waals surface area (Å²) in [6, 6.07) is 7.71. The molecule has 0 spiro atoms. The molecule has 5 atom stereocenters. The van der Waals surface area contributed by atoms with E-state index in [0.29, 0.717) is 0 Å². The zero-order valence-corrected chi connectivity index (χ0v) is 14.2. The van der Waals surface area contributed by atoms with Crippen molar-refractivity contribution in [3.05, 3.63) is 35.9 Å². The number of rotatable bonds is 6. The first-order valence-electron chi connectivity index (χ1n) is 8.06. The molecule has 2 amide bonds. The molecular weight excluding hydrogens is 328 g/mol. The molecule has 1 saturated heterocycles. The van der Waals surface area contributed by atoms with E-state index in [-0.39, 0.29) is 18.4 Å². The van der Waals surface area contributed by atoms with Crippen LogP contribution >= 0.6 is 0 Å². The van der Waals surface area contributed by atoms with Crippen molar-refractivity contribution in [1.29, 1.82) is 0 Å². The Morgan fingerprint density at radius 3 is 2.28 bits per heavy atom. The lowest BCUT2D eigenvalue weighted by Gasteiger charge is -2.44. The van der Waals surface area contributed by atoms with Gasteiger partial charge in [0.05, 0.1) is 19.3 Å². The standard InChI is InChI=1S/C17H24N2O6/c1-10(21)18-14-15(19-11(2)22)17(25-13(8-20)16(14)23)24-9-12-6-4-3-5-7-12/h3-7,13-17,20,23H,8-9H2,1-2H3,(H,18,21)(H,19,22)/t13-,14+,15+,16-,17-/m1/s1. The summed E-state index contributed by atoms with van der Waals surface area (Å²) in [6.07, 6.45) is -3.08. The van der Waals surface area contributed by atoms with Crippen molar-refractivity contribution in [1.82, 2.24) is 10.6 Å². The summed E-state index contributed by atoms with van der Waals surface area (Å²) in [7, 11) is 0. The molecule has 1 heterocycles. The van der Waals surface area contributed by atoms with Gasteiger partial charge in [0.15, 0.2) is 6.29 Å². The fourth-order valence-corrected chi connectivity index (χ4v) is 2.80. The average molecular weight is 352 g/mol. The van der Waals surface area contributed by atoms with Gasteiger partial charge in [0.2, 0.25) is 11.8 Å². The van der Waals surface area contributed by atoms with E-state index in [4.69, 9.17) is 9.47 Å². The zero-order chi connectivity index (χ0) is 18.4. The predicted octanol–water partition coefficient (Wildman–Crippen LogP) is -0.709. The van der Waals surface area contributed by atoms with Gasteiger partial charge in [0, 0.05) is 13.8 Å². The maximum atomic E-state index is 11.6. The summed E-state index contributed by atoms with van der Waals surface area (Å²) < 4.78 is 11.4. The second-order valence-corrected chi connectivity index (χ2v) is 5.97. The van der Waals surface area contributed by atoms with Crippen LogP contribution < -0.4 is 10.6 Å². The first kappa shape index (κ1) is 19.3. The van der Waals surface area contributed by atoms with Crippen molar-refractivity contribution in [2.75, 3.05) is 6.61 Å². The molecule has 25 heavy (non-hydrogen) atoms. The monoisotopic (exact) mass is 352 g/mol. The smallest absolute Gasteiger partial charge is 0.217 e. The van der Waals surface area contributed by atoms with Gasteiger partial charge in [-0.1, -0.05) is 30.3 Å². The molecule has 8 nitrogen and oxygen atoms in total. The third kappa shape index (κ3) is 5.23. The predicted molar refractivity (Wildman–Crippen MR) is 88.2 cm³/mol. The summed E-state index contributed by atoms with van der Waals surface area (Å²) in [5, 5.41) is 25.1. The fraction of sp³-hybridized carbons (Fsp3) is 0.529. The van der Waals surface area contributed by atoms with Gasteiger partial charge in [-0.3, -0.25) is 9.59 Å². The van der Waals surface area contributed by atoms with Gasteiger partial charge in [-0.2, -0.15) is 0 Å². The summed E-state index contributed by atoms with van der Waals surface area (Å²) in [5.74, 6) is -0.730. The lowest BCUT2D eigenvalue weighted by atomic mass is 9.94. The summed E-state index contributed by atoms with van der Waals surface area (Å²) in [6.45, 7) is 2.39. The Labute approximate surface area is 146 Å². The quantitative estimate of drug-likeness (QED) is 0.537. The Morgan fingerprint density at radius 1 is 1.12 bits per heavy atom. The Kier molecular flexibility index (Phi) is 6.89. The maximum Gasteiger partial charge on any atom is 0.217 e. The highest BCUT2D eigenvalue weighted by Gasteiger charge is 2.46. The highest BCUT2D eigenvalue weighted by atomic mass is 16.7. The molecular formula is C17H24N2O6. The lowest BCUT2D eigenvalue weighted by molar-refractivity contribution is -0.253. The zero-order valence-electron chi connectivity index (χ0n) is 14.2. The minimum absolute atomic E-state index is 0.211. The van der Waals surface area contributed by atoms with Crippen molar-refractivity contribution in [2.24, 2.45) is 0 Å². The molecule has 1 fully saturated rings. The van der Waals surface area contributed by atoms with Gasteiger partial charge >= 0.3 is 0 Å². The van der Waals surface area contributed by atoms with E-state index in [9.17, 15) is 19.8 Å². The van der Waals surface area contributed by atoms with Crippen LogP contribution in [0.3, 0.4) is 0 Å². The van der Waals surface area contributed by atoms with E-state index in [0.717, 1.165) is 5.56 Å². The molecule has 0 aliphatic carbocycles. The Morgan fingerprint density at radius 2 is 1.72 bits per heavy atom. The SMILES string of the molecule is CC(=O)N[C@@H]1[C@H](OCc2ccccc2)O[C@H](CO)[C@@H](O)[C@H]1NC(C)=O. The summed E-state index contributed by atoms with van der Waals surface area (Å²) in [5.41, 5.74) is 0.899. The van der Waals surface area contributed by atoms with E-state index >= 15 is 0 Å². The van der Waals surface area contributed by atoms with Crippen molar-refractivity contribution >= 4 is 11.8 Å². The summed E-state index contributed by atoms with van der Waals surface area (Å²) in [4.78, 5) is 23.0. The van der Waals surface area contributed by atoms with Gasteiger partial charge in [-0.15, -0.1) is 0 Å². The number of aliphatic hydroxyl groups excluding tert-OH is 2. The van der Waals surface area contributed by atoms with Crippen LogP contribution in [-0.2, 0) is 25.7 Å². The number of benzene rings is 1. The van der Waals surface area contributed by atoms with Crippen molar-refractivity contribution in [3.63, 3.8) is 0 Å². The number of hydrogen-bond donors (Lipinski definition) is 4. The maximum absolute atomic E-state index is 11.6. The molecule has 0 radical (unpaired) electrons. The van der Waals surface area contributed by atoms with Crippen LogP contribution in [0.15, 0.2) is 30.3 Å². The lowest BCUT2D eigenvalue weighted by Crippen LogP contribution is -2.69. The van der Waals surface area contributed by atoms with Crippen molar-refractivity contribution in [3.8, 4) is 0 Å². The van der Waals surface area contributed by atoms with Crippen LogP contribution in [0.2, 0.25) is 0 Å². The number of aliphatic hydroxyl groups is 2. The first-order valence-corrected chi connectivity index (χ1v) is 8.06. The molecule has 1 aromatic carbocycles. The normalized spacial score (nSPS) is 29.0. The van der Waals surface area contributed by atoms with E-state index in [1.165, 1.54) is 13.8 Å². The molecule has 0 unspecified atom stereocenters. The molecule has 0 bridgehead atoms.